The van der Waals surface area contributed by atoms with E-state index in [0.29, 0.717) is 34.2 Å². The van der Waals surface area contributed by atoms with Gasteiger partial charge in [0.1, 0.15) is 17.7 Å². The van der Waals surface area contributed by atoms with Crippen LogP contribution < -0.4 is 15.4 Å². The van der Waals surface area contributed by atoms with Gasteiger partial charge in [-0.05, 0) is 46.1 Å². The van der Waals surface area contributed by atoms with E-state index in [0.717, 1.165) is 25.2 Å². The summed E-state index contributed by atoms with van der Waals surface area (Å²) in [4.78, 5) is 25.8. The van der Waals surface area contributed by atoms with Gasteiger partial charge in [-0.1, -0.05) is 6.07 Å². The van der Waals surface area contributed by atoms with Crippen LogP contribution in [0.4, 0.5) is 11.4 Å². The number of hydrogen-bond acceptors (Lipinski definition) is 11. The molecule has 0 saturated heterocycles. The third-order valence-electron chi connectivity index (χ3n) is 6.05. The lowest BCUT2D eigenvalue weighted by atomic mass is 10.1. The number of para-hydroxylation sites is 1. The maximum atomic E-state index is 12.9. The summed E-state index contributed by atoms with van der Waals surface area (Å²) in [6, 6.07) is 5.62. The van der Waals surface area contributed by atoms with E-state index in [1.165, 1.54) is 6.21 Å². The molecular weight excluding hydrogens is 500 g/mol. The molecule has 0 amide bonds. The van der Waals surface area contributed by atoms with Crippen LogP contribution in [0.1, 0.15) is 13.3 Å². The van der Waals surface area contributed by atoms with E-state index in [2.05, 4.69) is 49.8 Å². The molecule has 0 aliphatic carbocycles. The summed E-state index contributed by atoms with van der Waals surface area (Å²) >= 11 is 0. The van der Waals surface area contributed by atoms with E-state index in [1.54, 1.807) is 38.3 Å². The topological polar surface area (TPSA) is 127 Å². The standard InChI is InChI=1S/C26H36N10O3/c1-7-39-25(37)20-15-27-26(30-18-14-29-36(16-18)13-9-12-33(2)3)35(5)24(20)31-21-11-8-10-19(22(21)38-6)23-28-17-34(4)32-23/h8,10-11,14-17,26,30-31H,7,9,12-13H2,1-6H3. The summed E-state index contributed by atoms with van der Waals surface area (Å²) in [5, 5.41) is 15.6. The van der Waals surface area contributed by atoms with Crippen molar-refractivity contribution >= 4 is 23.6 Å². The Morgan fingerprint density at radius 2 is 2.05 bits per heavy atom. The number of benzene rings is 1. The normalized spacial score (nSPS) is 15.2. The molecule has 2 aromatic heterocycles. The van der Waals surface area contributed by atoms with Crippen molar-refractivity contribution in [1.29, 1.82) is 0 Å². The van der Waals surface area contributed by atoms with Crippen LogP contribution in [0.3, 0.4) is 0 Å². The van der Waals surface area contributed by atoms with Gasteiger partial charge in [-0.25, -0.2) is 14.8 Å². The Bertz CT molecular complexity index is 1340. The van der Waals surface area contributed by atoms with Crippen LogP contribution >= 0.6 is 0 Å². The zero-order chi connectivity index (χ0) is 27.9. The molecule has 1 atom stereocenters. The Kier molecular flexibility index (Phi) is 8.81. The Hall–Kier alpha value is -4.39. The Morgan fingerprint density at radius 1 is 1.23 bits per heavy atom. The molecule has 0 radical (unpaired) electrons. The quantitative estimate of drug-likeness (QED) is 0.333. The molecule has 0 spiro atoms. The Labute approximate surface area is 228 Å². The van der Waals surface area contributed by atoms with Gasteiger partial charge in [-0.3, -0.25) is 9.36 Å². The fraction of sp³-hybridized carbons (Fsp3) is 0.423. The molecule has 1 unspecified atom stereocenters. The highest BCUT2D eigenvalue weighted by atomic mass is 16.5. The van der Waals surface area contributed by atoms with Crippen molar-refractivity contribution in [2.75, 3.05) is 52.0 Å². The number of carbonyl (C=O) groups is 1. The number of nitrogens with one attached hydrogen (secondary N) is 2. The third-order valence-corrected chi connectivity index (χ3v) is 6.05. The second kappa shape index (κ2) is 12.4. The van der Waals surface area contributed by atoms with Crippen molar-refractivity contribution in [3.63, 3.8) is 0 Å². The monoisotopic (exact) mass is 536 g/mol. The second-order valence-electron chi connectivity index (χ2n) is 9.29. The molecule has 1 aliphatic heterocycles. The fourth-order valence-corrected chi connectivity index (χ4v) is 4.15. The molecular formula is C26H36N10O3. The number of ether oxygens (including phenoxy) is 2. The summed E-state index contributed by atoms with van der Waals surface area (Å²) in [6.07, 6.45) is 7.35. The SMILES string of the molecule is CCOC(=O)C1=C(Nc2cccc(-c3ncn(C)n3)c2OC)N(C)C(Nc2cnn(CCCN(C)C)c2)N=C1. The van der Waals surface area contributed by atoms with Gasteiger partial charge in [0.05, 0.1) is 36.9 Å². The number of methoxy groups -OCH3 is 1. The van der Waals surface area contributed by atoms with Crippen molar-refractivity contribution in [3.8, 4) is 17.1 Å². The largest absolute Gasteiger partial charge is 0.494 e. The number of carbonyl (C=O) groups excluding carboxylic acids is 1. The molecule has 1 aromatic carbocycles. The highest BCUT2D eigenvalue weighted by molar-refractivity contribution is 6.11. The average Bonchev–Trinajstić information content (AvgIpc) is 3.54. The molecule has 1 aliphatic rings. The van der Waals surface area contributed by atoms with Gasteiger partial charge in [0.25, 0.3) is 0 Å². The number of aryl methyl sites for hydroxylation is 2. The van der Waals surface area contributed by atoms with Crippen LogP contribution in [0.5, 0.6) is 5.75 Å². The van der Waals surface area contributed by atoms with Crippen LogP contribution in [0.15, 0.2) is 53.3 Å². The predicted octanol–water partition coefficient (Wildman–Crippen LogP) is 2.24. The molecule has 4 rings (SSSR count). The smallest absolute Gasteiger partial charge is 0.343 e. The van der Waals surface area contributed by atoms with Crippen LogP contribution in [0.25, 0.3) is 11.4 Å². The maximum absolute atomic E-state index is 12.9. The number of hydrogen-bond donors (Lipinski definition) is 2. The number of aromatic nitrogens is 5. The van der Waals surface area contributed by atoms with Gasteiger partial charge < -0.3 is 29.9 Å². The van der Waals surface area contributed by atoms with Gasteiger partial charge >= 0.3 is 5.97 Å². The maximum Gasteiger partial charge on any atom is 0.343 e. The Balaban J connectivity index is 1.60. The van der Waals surface area contributed by atoms with Crippen molar-refractivity contribution in [2.24, 2.45) is 12.0 Å². The number of esters is 1. The van der Waals surface area contributed by atoms with Gasteiger partial charge in [-0.15, -0.1) is 0 Å². The van der Waals surface area contributed by atoms with Gasteiger partial charge in [-0.2, -0.15) is 10.2 Å². The first-order valence-electron chi connectivity index (χ1n) is 12.7. The molecule has 0 saturated carbocycles. The minimum absolute atomic E-state index is 0.242. The summed E-state index contributed by atoms with van der Waals surface area (Å²) in [6.45, 7) is 3.80. The van der Waals surface area contributed by atoms with Crippen molar-refractivity contribution < 1.29 is 14.3 Å². The summed E-state index contributed by atoms with van der Waals surface area (Å²) in [7, 11) is 9.34. The highest BCUT2D eigenvalue weighted by Gasteiger charge is 2.29. The first-order valence-corrected chi connectivity index (χ1v) is 12.7. The molecule has 0 bridgehead atoms. The summed E-state index contributed by atoms with van der Waals surface area (Å²) < 4.78 is 14.6. The molecule has 0 fully saturated rings. The molecule has 208 valence electrons. The van der Waals surface area contributed by atoms with Crippen LogP contribution in [-0.4, -0.2) is 94.2 Å². The number of nitrogens with zero attached hydrogens (tertiary/aromatic N) is 8. The first-order chi connectivity index (χ1) is 18.8. The lowest BCUT2D eigenvalue weighted by molar-refractivity contribution is -0.138. The molecule has 13 nitrogen and oxygen atoms in total. The summed E-state index contributed by atoms with van der Waals surface area (Å²) in [5.74, 6) is 1.09. The fourth-order valence-electron chi connectivity index (χ4n) is 4.15. The minimum Gasteiger partial charge on any atom is -0.494 e. The molecule has 3 heterocycles. The number of rotatable bonds is 12. The lowest BCUT2D eigenvalue weighted by Crippen LogP contribution is -2.42. The van der Waals surface area contributed by atoms with Gasteiger partial charge in [0, 0.05) is 33.1 Å². The van der Waals surface area contributed by atoms with Gasteiger partial charge in [0.15, 0.2) is 17.9 Å². The predicted molar refractivity (Wildman–Crippen MR) is 149 cm³/mol. The lowest BCUT2D eigenvalue weighted by Gasteiger charge is -2.34. The number of anilines is 2. The third kappa shape index (κ3) is 6.55. The molecule has 39 heavy (non-hydrogen) atoms. The highest BCUT2D eigenvalue weighted by Crippen LogP contribution is 2.36. The van der Waals surface area contributed by atoms with E-state index in [4.69, 9.17) is 9.47 Å². The first kappa shape index (κ1) is 27.6. The van der Waals surface area contributed by atoms with Crippen LogP contribution in [-0.2, 0) is 23.1 Å². The molecule has 2 N–H and O–H groups in total. The van der Waals surface area contributed by atoms with Crippen LogP contribution in [0.2, 0.25) is 0 Å². The van der Waals surface area contributed by atoms with E-state index >= 15 is 0 Å². The van der Waals surface area contributed by atoms with Crippen molar-refractivity contribution in [2.45, 2.75) is 26.2 Å². The van der Waals surface area contributed by atoms with E-state index in [9.17, 15) is 4.79 Å². The average molecular weight is 537 g/mol. The molecule has 3 aromatic rings. The summed E-state index contributed by atoms with van der Waals surface area (Å²) in [5.41, 5.74) is 2.45. The van der Waals surface area contributed by atoms with Crippen molar-refractivity contribution in [1.82, 2.24) is 34.3 Å². The zero-order valence-electron chi connectivity index (χ0n) is 23.2. The zero-order valence-corrected chi connectivity index (χ0v) is 23.2. The van der Waals surface area contributed by atoms with E-state index < -0.39 is 12.3 Å². The second-order valence-corrected chi connectivity index (χ2v) is 9.29. The van der Waals surface area contributed by atoms with E-state index in [-0.39, 0.29) is 6.61 Å². The molecule has 13 heteroatoms. The van der Waals surface area contributed by atoms with Crippen molar-refractivity contribution in [3.05, 3.63) is 48.3 Å². The van der Waals surface area contributed by atoms with E-state index in [1.807, 2.05) is 41.0 Å². The Morgan fingerprint density at radius 3 is 2.74 bits per heavy atom. The minimum atomic E-state index is -0.503. The van der Waals surface area contributed by atoms with Crippen LogP contribution in [0, 0.1) is 0 Å². The van der Waals surface area contributed by atoms with Gasteiger partial charge in [0.2, 0.25) is 0 Å². The number of aliphatic imine (C=N–C) groups is 1.